The summed E-state index contributed by atoms with van der Waals surface area (Å²) < 4.78 is 14.1. The molecule has 3 rings (SSSR count). The Labute approximate surface area is 178 Å². The molecule has 0 saturated heterocycles. The summed E-state index contributed by atoms with van der Waals surface area (Å²) in [5.74, 6) is -0.748. The Hall–Kier alpha value is -2.69. The van der Waals surface area contributed by atoms with E-state index in [2.05, 4.69) is 5.32 Å². The highest BCUT2D eigenvalue weighted by molar-refractivity contribution is 5.88. The fraction of sp³-hybridized carbons (Fsp3) is 0.440. The Bertz CT molecular complexity index is 834. The van der Waals surface area contributed by atoms with Crippen LogP contribution in [-0.2, 0) is 22.6 Å². The molecule has 0 radical (unpaired) electrons. The van der Waals surface area contributed by atoms with Gasteiger partial charge in [0.25, 0.3) is 0 Å². The van der Waals surface area contributed by atoms with Gasteiger partial charge in [0.1, 0.15) is 11.9 Å². The van der Waals surface area contributed by atoms with E-state index in [0.29, 0.717) is 18.5 Å². The molecule has 1 fully saturated rings. The standard InChI is InChI=1S/C25H31FN2O2/c1-2-23(25(30)27-21-14-7-4-8-15-21)28(18-19-11-5-3-6-12-19)24(29)17-20-13-9-10-16-22(20)26/h3,5-6,9-13,16,21,23H,2,4,7-8,14-15,17-18H2,1H3,(H,27,30)/t23-/m0/s1. The van der Waals surface area contributed by atoms with Gasteiger partial charge in [0.2, 0.25) is 11.8 Å². The molecular formula is C25H31FN2O2. The largest absolute Gasteiger partial charge is 0.352 e. The van der Waals surface area contributed by atoms with Crippen LogP contribution in [0.25, 0.3) is 0 Å². The molecular weight excluding hydrogens is 379 g/mol. The van der Waals surface area contributed by atoms with Crippen LogP contribution in [0, 0.1) is 5.82 Å². The highest BCUT2D eigenvalue weighted by atomic mass is 19.1. The Balaban J connectivity index is 1.79. The third-order valence-corrected chi connectivity index (χ3v) is 5.83. The zero-order valence-corrected chi connectivity index (χ0v) is 17.6. The highest BCUT2D eigenvalue weighted by Gasteiger charge is 2.30. The number of halogens is 1. The lowest BCUT2D eigenvalue weighted by atomic mass is 9.95. The predicted molar refractivity (Wildman–Crippen MR) is 116 cm³/mol. The summed E-state index contributed by atoms with van der Waals surface area (Å²) in [7, 11) is 0. The lowest BCUT2D eigenvalue weighted by Gasteiger charge is -2.33. The van der Waals surface area contributed by atoms with E-state index in [0.717, 1.165) is 31.2 Å². The average molecular weight is 411 g/mol. The Kier molecular flexibility index (Phi) is 8.00. The maximum absolute atomic E-state index is 14.1. The van der Waals surface area contributed by atoms with Crippen molar-refractivity contribution in [2.24, 2.45) is 0 Å². The number of benzene rings is 2. The van der Waals surface area contributed by atoms with E-state index >= 15 is 0 Å². The molecule has 0 aromatic heterocycles. The zero-order valence-electron chi connectivity index (χ0n) is 17.6. The van der Waals surface area contributed by atoms with Crippen LogP contribution in [0.2, 0.25) is 0 Å². The third kappa shape index (κ3) is 5.91. The Morgan fingerprint density at radius 3 is 2.37 bits per heavy atom. The number of amides is 2. The van der Waals surface area contributed by atoms with Crippen LogP contribution in [0.15, 0.2) is 54.6 Å². The van der Waals surface area contributed by atoms with Crippen LogP contribution < -0.4 is 5.32 Å². The van der Waals surface area contributed by atoms with Crippen LogP contribution in [0.5, 0.6) is 0 Å². The minimum Gasteiger partial charge on any atom is -0.352 e. The molecule has 2 aromatic carbocycles. The number of nitrogens with zero attached hydrogens (tertiary/aromatic N) is 1. The van der Waals surface area contributed by atoms with Crippen molar-refractivity contribution < 1.29 is 14.0 Å². The van der Waals surface area contributed by atoms with E-state index in [4.69, 9.17) is 0 Å². The molecule has 1 saturated carbocycles. The van der Waals surface area contributed by atoms with Crippen molar-refractivity contribution in [3.8, 4) is 0 Å². The molecule has 1 aliphatic rings. The predicted octanol–water partition coefficient (Wildman–Crippen LogP) is 4.62. The first-order chi connectivity index (χ1) is 14.6. The molecule has 0 bridgehead atoms. The van der Waals surface area contributed by atoms with Crippen LogP contribution >= 0.6 is 0 Å². The number of hydrogen-bond acceptors (Lipinski definition) is 2. The molecule has 2 amide bonds. The van der Waals surface area contributed by atoms with Gasteiger partial charge >= 0.3 is 0 Å². The summed E-state index contributed by atoms with van der Waals surface area (Å²) in [5, 5.41) is 3.16. The van der Waals surface area contributed by atoms with Gasteiger partial charge in [-0.05, 0) is 36.5 Å². The van der Waals surface area contributed by atoms with Crippen molar-refractivity contribution in [1.82, 2.24) is 10.2 Å². The number of hydrogen-bond donors (Lipinski definition) is 1. The second kappa shape index (κ2) is 10.9. The molecule has 160 valence electrons. The van der Waals surface area contributed by atoms with E-state index < -0.39 is 11.9 Å². The summed E-state index contributed by atoms with van der Waals surface area (Å²) in [4.78, 5) is 28.0. The van der Waals surface area contributed by atoms with Gasteiger partial charge in [-0.25, -0.2) is 4.39 Å². The second-order valence-electron chi connectivity index (χ2n) is 8.04. The molecule has 4 nitrogen and oxygen atoms in total. The van der Waals surface area contributed by atoms with Crippen LogP contribution in [0.3, 0.4) is 0 Å². The monoisotopic (exact) mass is 410 g/mol. The number of carbonyl (C=O) groups is 2. The van der Waals surface area contributed by atoms with Crippen LogP contribution in [0.4, 0.5) is 4.39 Å². The third-order valence-electron chi connectivity index (χ3n) is 5.83. The number of carbonyl (C=O) groups excluding carboxylic acids is 2. The Morgan fingerprint density at radius 2 is 1.70 bits per heavy atom. The SMILES string of the molecule is CC[C@@H](C(=O)NC1CCCCC1)N(Cc1ccccc1)C(=O)Cc1ccccc1F. The van der Waals surface area contributed by atoms with Crippen molar-refractivity contribution in [3.63, 3.8) is 0 Å². The van der Waals surface area contributed by atoms with Gasteiger partial charge in [-0.2, -0.15) is 0 Å². The van der Waals surface area contributed by atoms with E-state index in [1.807, 2.05) is 37.3 Å². The normalized spacial score (nSPS) is 15.4. The summed E-state index contributed by atoms with van der Waals surface area (Å²) in [6.07, 6.45) is 5.89. The smallest absolute Gasteiger partial charge is 0.243 e. The Morgan fingerprint density at radius 1 is 1.03 bits per heavy atom. The summed E-state index contributed by atoms with van der Waals surface area (Å²) >= 11 is 0. The number of rotatable bonds is 8. The fourth-order valence-corrected chi connectivity index (χ4v) is 4.15. The summed E-state index contributed by atoms with van der Waals surface area (Å²) in [5.41, 5.74) is 1.30. The minimum atomic E-state index is -0.577. The fourth-order valence-electron chi connectivity index (χ4n) is 4.15. The van der Waals surface area contributed by atoms with Gasteiger partial charge in [-0.3, -0.25) is 9.59 Å². The molecule has 0 spiro atoms. The van der Waals surface area contributed by atoms with Crippen molar-refractivity contribution in [1.29, 1.82) is 0 Å². The zero-order chi connectivity index (χ0) is 21.3. The molecule has 0 heterocycles. The average Bonchev–Trinajstić information content (AvgIpc) is 2.76. The topological polar surface area (TPSA) is 49.4 Å². The van der Waals surface area contributed by atoms with Crippen LogP contribution in [0.1, 0.15) is 56.6 Å². The lowest BCUT2D eigenvalue weighted by molar-refractivity contribution is -0.141. The molecule has 5 heteroatoms. The summed E-state index contributed by atoms with van der Waals surface area (Å²) in [6, 6.07) is 15.5. The van der Waals surface area contributed by atoms with Gasteiger partial charge < -0.3 is 10.2 Å². The first kappa shape index (κ1) is 22.0. The van der Waals surface area contributed by atoms with Gasteiger partial charge in [-0.15, -0.1) is 0 Å². The quantitative estimate of drug-likeness (QED) is 0.690. The van der Waals surface area contributed by atoms with Crippen LogP contribution in [-0.4, -0.2) is 28.8 Å². The molecule has 30 heavy (non-hydrogen) atoms. The van der Waals surface area contributed by atoms with E-state index in [9.17, 15) is 14.0 Å². The molecule has 0 aliphatic heterocycles. The van der Waals surface area contributed by atoms with E-state index in [-0.39, 0.29) is 24.3 Å². The van der Waals surface area contributed by atoms with Crippen molar-refractivity contribution >= 4 is 11.8 Å². The first-order valence-corrected chi connectivity index (χ1v) is 11.0. The molecule has 1 atom stereocenters. The van der Waals surface area contributed by atoms with Gasteiger partial charge in [-0.1, -0.05) is 74.7 Å². The summed E-state index contributed by atoms with van der Waals surface area (Å²) in [6.45, 7) is 2.24. The second-order valence-corrected chi connectivity index (χ2v) is 8.04. The maximum Gasteiger partial charge on any atom is 0.243 e. The minimum absolute atomic E-state index is 0.0628. The molecule has 2 aromatic rings. The molecule has 0 unspecified atom stereocenters. The van der Waals surface area contributed by atoms with Gasteiger partial charge in [0.15, 0.2) is 0 Å². The van der Waals surface area contributed by atoms with Crippen molar-refractivity contribution in [2.75, 3.05) is 0 Å². The molecule has 1 N–H and O–H groups in total. The van der Waals surface area contributed by atoms with Gasteiger partial charge in [0.05, 0.1) is 6.42 Å². The van der Waals surface area contributed by atoms with E-state index in [1.165, 1.54) is 12.5 Å². The maximum atomic E-state index is 14.1. The number of nitrogens with one attached hydrogen (secondary N) is 1. The van der Waals surface area contributed by atoms with Gasteiger partial charge in [0, 0.05) is 12.6 Å². The molecule has 1 aliphatic carbocycles. The first-order valence-electron chi connectivity index (χ1n) is 11.0. The van der Waals surface area contributed by atoms with Crippen molar-refractivity contribution in [2.45, 2.75) is 70.5 Å². The highest BCUT2D eigenvalue weighted by Crippen LogP contribution is 2.20. The van der Waals surface area contributed by atoms with E-state index in [1.54, 1.807) is 23.1 Å². The van der Waals surface area contributed by atoms with Crippen molar-refractivity contribution in [3.05, 3.63) is 71.5 Å². The lowest BCUT2D eigenvalue weighted by Crippen LogP contribution is -2.52.